The second-order valence-corrected chi connectivity index (χ2v) is 4.68. The lowest BCUT2D eigenvalue weighted by atomic mass is 9.92. The number of aldehydes is 1. The molecular formula is C11H17NO2. The second kappa shape index (κ2) is 3.95. The van der Waals surface area contributed by atoms with Crippen molar-refractivity contribution in [1.29, 1.82) is 0 Å². The van der Waals surface area contributed by atoms with Gasteiger partial charge < -0.3 is 4.84 Å². The van der Waals surface area contributed by atoms with E-state index in [2.05, 4.69) is 25.9 Å². The molecule has 0 N–H and O–H groups in total. The van der Waals surface area contributed by atoms with Crippen molar-refractivity contribution in [3.63, 3.8) is 0 Å². The van der Waals surface area contributed by atoms with Crippen LogP contribution >= 0.6 is 0 Å². The summed E-state index contributed by atoms with van der Waals surface area (Å²) in [5.41, 5.74) is 0.433. The monoisotopic (exact) mass is 195 g/mol. The average molecular weight is 195 g/mol. The molecule has 1 heterocycles. The second-order valence-electron chi connectivity index (χ2n) is 4.68. The van der Waals surface area contributed by atoms with Gasteiger partial charge in [0.2, 0.25) is 0 Å². The van der Waals surface area contributed by atoms with Crippen LogP contribution < -0.4 is 0 Å². The molecule has 1 aliphatic rings. The van der Waals surface area contributed by atoms with E-state index in [1.165, 1.54) is 0 Å². The van der Waals surface area contributed by atoms with Gasteiger partial charge >= 0.3 is 0 Å². The maximum atomic E-state index is 10.6. The fourth-order valence-corrected chi connectivity index (χ4v) is 1.21. The van der Waals surface area contributed by atoms with Gasteiger partial charge in [-0.3, -0.25) is 4.79 Å². The van der Waals surface area contributed by atoms with Gasteiger partial charge in [-0.05, 0) is 12.5 Å². The van der Waals surface area contributed by atoms with E-state index < -0.39 is 0 Å². The number of nitrogens with zero attached hydrogens (tertiary/aromatic N) is 1. The van der Waals surface area contributed by atoms with E-state index in [0.29, 0.717) is 5.71 Å². The van der Waals surface area contributed by atoms with Gasteiger partial charge in [0.1, 0.15) is 11.5 Å². The Bertz CT molecular complexity index is 284. The first-order valence-electron chi connectivity index (χ1n) is 4.86. The quantitative estimate of drug-likeness (QED) is 0.603. The van der Waals surface area contributed by atoms with E-state index in [1.807, 2.05) is 13.0 Å². The molecule has 1 aliphatic heterocycles. The molecule has 0 saturated carbocycles. The van der Waals surface area contributed by atoms with Crippen LogP contribution in [-0.4, -0.2) is 12.0 Å². The van der Waals surface area contributed by atoms with E-state index in [-0.39, 0.29) is 11.3 Å². The van der Waals surface area contributed by atoms with Gasteiger partial charge in [-0.1, -0.05) is 32.9 Å². The highest BCUT2D eigenvalue weighted by Crippen LogP contribution is 2.29. The van der Waals surface area contributed by atoms with Crippen LogP contribution in [0.5, 0.6) is 0 Å². The zero-order valence-corrected chi connectivity index (χ0v) is 9.20. The summed E-state index contributed by atoms with van der Waals surface area (Å²) in [7, 11) is 0. The Morgan fingerprint density at radius 1 is 1.57 bits per heavy atom. The van der Waals surface area contributed by atoms with Crippen molar-refractivity contribution in [2.45, 2.75) is 34.1 Å². The normalized spacial score (nSPS) is 23.0. The first-order chi connectivity index (χ1) is 6.45. The summed E-state index contributed by atoms with van der Waals surface area (Å²) in [5.74, 6) is 0.980. The third-order valence-corrected chi connectivity index (χ3v) is 2.27. The Morgan fingerprint density at radius 3 is 2.71 bits per heavy atom. The number of carbonyl (C=O) groups excluding carboxylic acids is 1. The molecule has 3 heteroatoms. The molecule has 0 spiro atoms. The summed E-state index contributed by atoms with van der Waals surface area (Å²) >= 11 is 0. The van der Waals surface area contributed by atoms with Gasteiger partial charge in [0.25, 0.3) is 0 Å². The first kappa shape index (κ1) is 11.0. The highest BCUT2D eigenvalue weighted by Gasteiger charge is 2.23. The Balaban J connectivity index is 2.87. The van der Waals surface area contributed by atoms with Crippen molar-refractivity contribution in [3.05, 3.63) is 11.8 Å². The molecule has 0 bridgehead atoms. The van der Waals surface area contributed by atoms with Gasteiger partial charge in [0.05, 0.1) is 0 Å². The number of carbonyl (C=O) groups is 1. The minimum Gasteiger partial charge on any atom is -0.361 e. The van der Waals surface area contributed by atoms with Gasteiger partial charge in [-0.15, -0.1) is 0 Å². The molecule has 1 atom stereocenters. The smallest absolute Gasteiger partial charge is 0.167 e. The molecule has 14 heavy (non-hydrogen) atoms. The summed E-state index contributed by atoms with van der Waals surface area (Å²) in [5, 5.41) is 3.85. The van der Waals surface area contributed by atoms with E-state index in [4.69, 9.17) is 4.84 Å². The predicted octanol–water partition coefficient (Wildman–Crippen LogP) is 2.53. The molecule has 1 unspecified atom stereocenters. The Morgan fingerprint density at radius 2 is 2.21 bits per heavy atom. The number of hydrogen-bond acceptors (Lipinski definition) is 3. The molecule has 0 saturated heterocycles. The molecule has 0 amide bonds. The fraction of sp³-hybridized carbons (Fsp3) is 0.636. The minimum atomic E-state index is -0.0540. The van der Waals surface area contributed by atoms with Crippen LogP contribution in [0.3, 0.4) is 0 Å². The van der Waals surface area contributed by atoms with Crippen LogP contribution in [0.4, 0.5) is 0 Å². The van der Waals surface area contributed by atoms with Gasteiger partial charge in [0.15, 0.2) is 6.29 Å². The number of hydrogen-bond donors (Lipinski definition) is 0. The molecule has 0 fully saturated rings. The van der Waals surface area contributed by atoms with Crippen LogP contribution in [0.15, 0.2) is 17.0 Å². The SMILES string of the molecule is CC1CC=C(C(C)(C)C)ON=C1C=O. The third kappa shape index (κ3) is 2.44. The van der Waals surface area contributed by atoms with Crippen molar-refractivity contribution < 1.29 is 9.63 Å². The average Bonchev–Trinajstić information content (AvgIpc) is 2.25. The molecule has 1 rings (SSSR count). The van der Waals surface area contributed by atoms with Gasteiger partial charge in [0, 0.05) is 11.3 Å². The van der Waals surface area contributed by atoms with Crippen molar-refractivity contribution in [1.82, 2.24) is 0 Å². The summed E-state index contributed by atoms with van der Waals surface area (Å²) in [4.78, 5) is 15.9. The molecule has 78 valence electrons. The van der Waals surface area contributed by atoms with E-state index in [0.717, 1.165) is 18.5 Å². The predicted molar refractivity (Wildman–Crippen MR) is 55.9 cm³/mol. The van der Waals surface area contributed by atoms with Gasteiger partial charge in [-0.2, -0.15) is 0 Å². The van der Waals surface area contributed by atoms with E-state index in [1.54, 1.807) is 0 Å². The lowest BCUT2D eigenvalue weighted by Gasteiger charge is -2.19. The van der Waals surface area contributed by atoms with Gasteiger partial charge in [-0.25, -0.2) is 0 Å². The zero-order chi connectivity index (χ0) is 10.8. The first-order valence-corrected chi connectivity index (χ1v) is 4.86. The fourth-order valence-electron chi connectivity index (χ4n) is 1.21. The molecule has 0 aliphatic carbocycles. The van der Waals surface area contributed by atoms with Crippen LogP contribution in [0, 0.1) is 11.3 Å². The topological polar surface area (TPSA) is 38.7 Å². The number of rotatable bonds is 1. The summed E-state index contributed by atoms with van der Waals surface area (Å²) < 4.78 is 0. The molecule has 0 aromatic carbocycles. The maximum absolute atomic E-state index is 10.6. The van der Waals surface area contributed by atoms with E-state index in [9.17, 15) is 4.79 Å². The number of allylic oxidation sites excluding steroid dienone is 2. The largest absolute Gasteiger partial charge is 0.361 e. The summed E-state index contributed by atoms with van der Waals surface area (Å²) in [6, 6.07) is 0. The van der Waals surface area contributed by atoms with Crippen molar-refractivity contribution in [3.8, 4) is 0 Å². The summed E-state index contributed by atoms with van der Waals surface area (Å²) in [6.45, 7) is 8.15. The molecule has 3 nitrogen and oxygen atoms in total. The van der Waals surface area contributed by atoms with E-state index >= 15 is 0 Å². The van der Waals surface area contributed by atoms with Crippen LogP contribution in [0.2, 0.25) is 0 Å². The third-order valence-electron chi connectivity index (χ3n) is 2.27. The Hall–Kier alpha value is -1.12. The van der Waals surface area contributed by atoms with Crippen molar-refractivity contribution >= 4 is 12.0 Å². The molecule has 0 aromatic heterocycles. The molecular weight excluding hydrogens is 178 g/mol. The number of oxime groups is 1. The molecule has 0 radical (unpaired) electrons. The molecule has 0 aromatic rings. The lowest BCUT2D eigenvalue weighted by Crippen LogP contribution is -2.11. The summed E-state index contributed by atoms with van der Waals surface area (Å²) in [6.07, 6.45) is 3.60. The lowest BCUT2D eigenvalue weighted by molar-refractivity contribution is -0.103. The highest BCUT2D eigenvalue weighted by atomic mass is 16.6. The van der Waals surface area contributed by atoms with Crippen molar-refractivity contribution in [2.75, 3.05) is 0 Å². The Kier molecular flexibility index (Phi) is 3.09. The maximum Gasteiger partial charge on any atom is 0.167 e. The standard InChI is InChI=1S/C11H17NO2/c1-8-5-6-10(11(2,3)4)14-12-9(8)7-13/h6-8H,5H2,1-4H3. The van der Waals surface area contributed by atoms with Crippen LogP contribution in [-0.2, 0) is 9.63 Å². The van der Waals surface area contributed by atoms with Crippen molar-refractivity contribution in [2.24, 2.45) is 16.5 Å². The van der Waals surface area contributed by atoms with Crippen LogP contribution in [0.25, 0.3) is 0 Å². The minimum absolute atomic E-state index is 0.0540. The Labute approximate surface area is 84.8 Å². The van der Waals surface area contributed by atoms with Crippen LogP contribution in [0.1, 0.15) is 34.1 Å². The highest BCUT2D eigenvalue weighted by molar-refractivity contribution is 6.29. The zero-order valence-electron chi connectivity index (χ0n) is 9.20.